The van der Waals surface area contributed by atoms with E-state index < -0.39 is 6.10 Å². The van der Waals surface area contributed by atoms with Crippen LogP contribution in [0.25, 0.3) is 0 Å². The monoisotopic (exact) mass is 299 g/mol. The number of ether oxygens (including phenoxy) is 1. The van der Waals surface area contributed by atoms with Gasteiger partial charge in [-0.2, -0.15) is 0 Å². The summed E-state index contributed by atoms with van der Waals surface area (Å²) in [7, 11) is 1.72. The normalized spacial score (nSPS) is 11.8. The second-order valence-electron chi connectivity index (χ2n) is 5.31. The average Bonchev–Trinajstić information content (AvgIpc) is 2.53. The molecule has 0 aliphatic carbocycles. The van der Waals surface area contributed by atoms with Gasteiger partial charge in [-0.05, 0) is 36.8 Å². The number of rotatable bonds is 5. The number of nitrogens with zero attached hydrogens (tertiary/aromatic N) is 1. The van der Waals surface area contributed by atoms with Gasteiger partial charge >= 0.3 is 0 Å². The smallest absolute Gasteiger partial charge is 0.223 e. The summed E-state index contributed by atoms with van der Waals surface area (Å²) in [6.07, 6.45) is -0.667. The Kier molecular flexibility index (Phi) is 5.17. The number of amides is 1. The van der Waals surface area contributed by atoms with Crippen molar-refractivity contribution in [2.45, 2.75) is 20.0 Å². The Balaban J connectivity index is 1.94. The summed E-state index contributed by atoms with van der Waals surface area (Å²) in [4.78, 5) is 12.8. The molecule has 0 aromatic heterocycles. The summed E-state index contributed by atoms with van der Waals surface area (Å²) in [6.45, 7) is 3.71. The summed E-state index contributed by atoms with van der Waals surface area (Å²) in [5.41, 5.74) is 2.79. The molecule has 2 rings (SSSR count). The van der Waals surface area contributed by atoms with E-state index in [4.69, 9.17) is 4.74 Å². The molecule has 0 aliphatic rings. The van der Waals surface area contributed by atoms with Crippen LogP contribution in [-0.4, -0.2) is 24.7 Å². The molecule has 1 unspecified atom stereocenters. The number of hydrogen-bond donors (Lipinski definition) is 1. The number of anilines is 1. The lowest BCUT2D eigenvalue weighted by Gasteiger charge is -2.16. The number of aliphatic hydroxyl groups excluding tert-OH is 1. The molecule has 0 radical (unpaired) electrons. The van der Waals surface area contributed by atoms with Crippen molar-refractivity contribution in [1.29, 1.82) is 0 Å². The second kappa shape index (κ2) is 7.09. The number of hydrogen-bond acceptors (Lipinski definition) is 3. The highest BCUT2D eigenvalue weighted by atomic mass is 16.5. The number of aliphatic hydroxyl groups is 1. The average molecular weight is 299 g/mol. The molecule has 4 heteroatoms. The molecule has 0 fully saturated rings. The van der Waals surface area contributed by atoms with Crippen LogP contribution >= 0.6 is 0 Å². The predicted octanol–water partition coefficient (Wildman–Crippen LogP) is 3.09. The first-order chi connectivity index (χ1) is 10.5. The first-order valence-corrected chi connectivity index (χ1v) is 7.19. The summed E-state index contributed by atoms with van der Waals surface area (Å²) >= 11 is 0. The van der Waals surface area contributed by atoms with Crippen LogP contribution in [0.2, 0.25) is 0 Å². The molecular formula is C18H21NO3. The molecule has 0 aliphatic heterocycles. The zero-order chi connectivity index (χ0) is 16.1. The van der Waals surface area contributed by atoms with Gasteiger partial charge in [-0.1, -0.05) is 29.8 Å². The van der Waals surface area contributed by atoms with Gasteiger partial charge in [0, 0.05) is 19.7 Å². The number of carbonyl (C=O) groups is 1. The minimum Gasteiger partial charge on any atom is -0.491 e. The molecule has 2 aromatic carbocycles. The quantitative estimate of drug-likeness (QED) is 0.923. The number of aryl methyl sites for hydroxylation is 1. The molecule has 4 nitrogen and oxygen atoms in total. The molecule has 0 saturated heterocycles. The van der Waals surface area contributed by atoms with E-state index in [2.05, 4.69) is 0 Å². The van der Waals surface area contributed by atoms with Crippen LogP contribution in [0.4, 0.5) is 5.69 Å². The molecule has 0 saturated carbocycles. The van der Waals surface area contributed by atoms with Crippen LogP contribution < -0.4 is 9.64 Å². The van der Waals surface area contributed by atoms with Crippen molar-refractivity contribution in [3.8, 4) is 5.75 Å². The minimum atomic E-state index is -0.667. The topological polar surface area (TPSA) is 49.8 Å². The van der Waals surface area contributed by atoms with Crippen LogP contribution in [0.15, 0.2) is 48.5 Å². The van der Waals surface area contributed by atoms with Crippen molar-refractivity contribution in [3.05, 3.63) is 59.7 Å². The SMILES string of the molecule is CC(=O)N(C)c1ccc(OCC(O)c2ccc(C)cc2)cc1. The van der Waals surface area contributed by atoms with Gasteiger partial charge in [-0.25, -0.2) is 0 Å². The van der Waals surface area contributed by atoms with E-state index in [1.54, 1.807) is 24.1 Å². The standard InChI is InChI=1S/C18H21NO3/c1-13-4-6-15(7-5-13)18(21)12-22-17-10-8-16(9-11-17)19(3)14(2)20/h4-11,18,21H,12H2,1-3H3. The van der Waals surface area contributed by atoms with Crippen LogP contribution in [0.1, 0.15) is 24.2 Å². The molecule has 1 amide bonds. The Hall–Kier alpha value is -2.33. The highest BCUT2D eigenvalue weighted by Crippen LogP contribution is 2.20. The van der Waals surface area contributed by atoms with Crippen LogP contribution in [0.3, 0.4) is 0 Å². The zero-order valence-corrected chi connectivity index (χ0v) is 13.1. The number of benzene rings is 2. The lowest BCUT2D eigenvalue weighted by Crippen LogP contribution is -2.22. The van der Waals surface area contributed by atoms with E-state index in [0.29, 0.717) is 5.75 Å². The highest BCUT2D eigenvalue weighted by Gasteiger charge is 2.09. The van der Waals surface area contributed by atoms with Gasteiger partial charge in [-0.15, -0.1) is 0 Å². The molecule has 2 aromatic rings. The molecule has 1 N–H and O–H groups in total. The molecular weight excluding hydrogens is 278 g/mol. The molecule has 0 spiro atoms. The fraction of sp³-hybridized carbons (Fsp3) is 0.278. The lowest BCUT2D eigenvalue weighted by molar-refractivity contribution is -0.116. The van der Waals surface area contributed by atoms with Gasteiger partial charge in [0.05, 0.1) is 0 Å². The first kappa shape index (κ1) is 16.0. The van der Waals surface area contributed by atoms with E-state index >= 15 is 0 Å². The largest absolute Gasteiger partial charge is 0.491 e. The Morgan fingerprint density at radius 2 is 1.73 bits per heavy atom. The highest BCUT2D eigenvalue weighted by molar-refractivity contribution is 5.90. The Bertz CT molecular complexity index is 620. The fourth-order valence-electron chi connectivity index (χ4n) is 2.01. The van der Waals surface area contributed by atoms with E-state index in [-0.39, 0.29) is 12.5 Å². The minimum absolute atomic E-state index is 0.0246. The Morgan fingerprint density at radius 3 is 2.27 bits per heavy atom. The summed E-state index contributed by atoms with van der Waals surface area (Å²) in [5.74, 6) is 0.635. The third kappa shape index (κ3) is 4.09. The van der Waals surface area contributed by atoms with Gasteiger partial charge in [0.2, 0.25) is 5.91 Å². The maximum Gasteiger partial charge on any atom is 0.223 e. The maximum atomic E-state index is 11.3. The van der Waals surface area contributed by atoms with Gasteiger partial charge in [0.25, 0.3) is 0 Å². The maximum absolute atomic E-state index is 11.3. The van der Waals surface area contributed by atoms with Crippen molar-refractivity contribution in [3.63, 3.8) is 0 Å². The second-order valence-corrected chi connectivity index (χ2v) is 5.31. The van der Waals surface area contributed by atoms with Gasteiger partial charge in [0.15, 0.2) is 0 Å². The Morgan fingerprint density at radius 1 is 1.14 bits per heavy atom. The molecule has 116 valence electrons. The van der Waals surface area contributed by atoms with Crippen LogP contribution in [0.5, 0.6) is 5.75 Å². The van der Waals surface area contributed by atoms with Gasteiger partial charge in [-0.3, -0.25) is 4.79 Å². The lowest BCUT2D eigenvalue weighted by atomic mass is 10.1. The van der Waals surface area contributed by atoms with E-state index in [9.17, 15) is 9.90 Å². The van der Waals surface area contributed by atoms with E-state index in [1.807, 2.05) is 43.3 Å². The van der Waals surface area contributed by atoms with Gasteiger partial charge < -0.3 is 14.7 Å². The van der Waals surface area contributed by atoms with E-state index in [1.165, 1.54) is 6.92 Å². The van der Waals surface area contributed by atoms with Crippen LogP contribution in [-0.2, 0) is 4.79 Å². The summed E-state index contributed by atoms with van der Waals surface area (Å²) < 4.78 is 5.59. The third-order valence-electron chi connectivity index (χ3n) is 3.57. The Labute approximate surface area is 131 Å². The molecule has 0 heterocycles. The van der Waals surface area contributed by atoms with Crippen molar-refractivity contribution in [1.82, 2.24) is 0 Å². The summed E-state index contributed by atoms with van der Waals surface area (Å²) in [6, 6.07) is 14.9. The molecule has 0 bridgehead atoms. The summed E-state index contributed by atoms with van der Waals surface area (Å²) in [5, 5.41) is 10.1. The predicted molar refractivity (Wildman–Crippen MR) is 87.2 cm³/mol. The third-order valence-corrected chi connectivity index (χ3v) is 3.57. The van der Waals surface area contributed by atoms with Gasteiger partial charge in [0.1, 0.15) is 18.5 Å². The first-order valence-electron chi connectivity index (χ1n) is 7.19. The van der Waals surface area contributed by atoms with Crippen LogP contribution in [0, 0.1) is 6.92 Å². The van der Waals surface area contributed by atoms with Crippen molar-refractivity contribution in [2.24, 2.45) is 0 Å². The van der Waals surface area contributed by atoms with Crippen molar-refractivity contribution >= 4 is 11.6 Å². The molecule has 22 heavy (non-hydrogen) atoms. The number of carbonyl (C=O) groups excluding carboxylic acids is 1. The van der Waals surface area contributed by atoms with E-state index in [0.717, 1.165) is 16.8 Å². The fourth-order valence-corrected chi connectivity index (χ4v) is 2.01. The molecule has 1 atom stereocenters. The van der Waals surface area contributed by atoms with Crippen molar-refractivity contribution in [2.75, 3.05) is 18.6 Å². The van der Waals surface area contributed by atoms with Crippen molar-refractivity contribution < 1.29 is 14.6 Å². The zero-order valence-electron chi connectivity index (χ0n) is 13.1.